The molecule has 37 heavy (non-hydrogen) atoms. The van der Waals surface area contributed by atoms with E-state index in [2.05, 4.69) is 14.2 Å². The van der Waals surface area contributed by atoms with Crippen LogP contribution in [0.15, 0.2) is 54.6 Å². The first-order chi connectivity index (χ1) is 17.4. The molecule has 1 unspecified atom stereocenters. The standard InChI is InChI=1S/C23H23F3N2O8S/c1-34-21(30)17-12-28(13-17)20(29)19(27-22(31)35-14-16-5-3-2-4-6-16)11-15-7-9-18(10-8-15)36-37(32,33)23(24,25)26/h2-10,17,19H,11-14H2,1H3,(H,27,31). The van der Waals surface area contributed by atoms with E-state index in [9.17, 15) is 36.0 Å². The second-order valence-electron chi connectivity index (χ2n) is 8.05. The van der Waals surface area contributed by atoms with Crippen LogP contribution in [0.4, 0.5) is 18.0 Å². The minimum atomic E-state index is -5.84. The molecule has 1 atom stereocenters. The van der Waals surface area contributed by atoms with Gasteiger partial charge in [0.1, 0.15) is 18.4 Å². The van der Waals surface area contributed by atoms with Crippen molar-refractivity contribution >= 4 is 28.1 Å². The normalized spacial score (nSPS) is 14.8. The Morgan fingerprint density at radius 3 is 2.22 bits per heavy atom. The molecule has 2 aromatic rings. The first kappa shape index (κ1) is 27.8. The Bertz CT molecular complexity index is 1210. The maximum absolute atomic E-state index is 13.0. The van der Waals surface area contributed by atoms with E-state index in [-0.39, 0.29) is 26.1 Å². The number of benzene rings is 2. The van der Waals surface area contributed by atoms with E-state index in [0.29, 0.717) is 11.1 Å². The highest BCUT2D eigenvalue weighted by molar-refractivity contribution is 7.88. The number of nitrogens with one attached hydrogen (secondary N) is 1. The molecular formula is C23H23F3N2O8S. The third kappa shape index (κ3) is 7.35. The number of likely N-dealkylation sites (tertiary alicyclic amines) is 1. The molecule has 0 aliphatic carbocycles. The Labute approximate surface area is 210 Å². The summed E-state index contributed by atoms with van der Waals surface area (Å²) in [5.74, 6) is -2.06. The molecule has 2 amide bonds. The Morgan fingerprint density at radius 2 is 1.65 bits per heavy atom. The number of carbonyl (C=O) groups is 3. The fourth-order valence-corrected chi connectivity index (χ4v) is 3.85. The molecular weight excluding hydrogens is 521 g/mol. The van der Waals surface area contributed by atoms with Crippen LogP contribution >= 0.6 is 0 Å². The predicted octanol–water partition coefficient (Wildman–Crippen LogP) is 2.38. The lowest BCUT2D eigenvalue weighted by atomic mass is 9.97. The minimum Gasteiger partial charge on any atom is -0.469 e. The van der Waals surface area contributed by atoms with E-state index < -0.39 is 51.3 Å². The van der Waals surface area contributed by atoms with Gasteiger partial charge in [-0.25, -0.2) is 4.79 Å². The molecule has 1 fully saturated rings. The Kier molecular flexibility index (Phi) is 8.63. The molecule has 0 saturated carbocycles. The maximum Gasteiger partial charge on any atom is 0.534 e. The minimum absolute atomic E-state index is 0.0541. The van der Waals surface area contributed by atoms with Crippen LogP contribution in [-0.4, -0.2) is 63.0 Å². The molecule has 200 valence electrons. The second kappa shape index (κ2) is 11.5. The van der Waals surface area contributed by atoms with Crippen LogP contribution in [0.1, 0.15) is 11.1 Å². The Balaban J connectivity index is 1.68. The number of methoxy groups -OCH3 is 1. The van der Waals surface area contributed by atoms with Gasteiger partial charge in [-0.1, -0.05) is 42.5 Å². The van der Waals surface area contributed by atoms with Crippen LogP contribution in [0.25, 0.3) is 0 Å². The van der Waals surface area contributed by atoms with Gasteiger partial charge in [-0.3, -0.25) is 9.59 Å². The molecule has 1 aliphatic rings. The zero-order valence-corrected chi connectivity index (χ0v) is 20.3. The number of hydrogen-bond donors (Lipinski definition) is 1. The number of alkyl halides is 3. The van der Waals surface area contributed by atoms with Gasteiger partial charge in [0.15, 0.2) is 0 Å². The van der Waals surface area contributed by atoms with E-state index in [4.69, 9.17) is 4.74 Å². The van der Waals surface area contributed by atoms with E-state index >= 15 is 0 Å². The van der Waals surface area contributed by atoms with E-state index in [1.807, 2.05) is 0 Å². The SMILES string of the molecule is COC(=O)C1CN(C(=O)C(Cc2ccc(OS(=O)(=O)C(F)(F)F)cc2)NC(=O)OCc2ccccc2)C1. The summed E-state index contributed by atoms with van der Waals surface area (Å²) in [5, 5.41) is 2.47. The first-order valence-electron chi connectivity index (χ1n) is 10.8. The monoisotopic (exact) mass is 544 g/mol. The van der Waals surface area contributed by atoms with Gasteiger partial charge in [-0.05, 0) is 23.3 Å². The van der Waals surface area contributed by atoms with Gasteiger partial charge >= 0.3 is 27.7 Å². The van der Waals surface area contributed by atoms with Crippen molar-refractivity contribution in [2.24, 2.45) is 5.92 Å². The highest BCUT2D eigenvalue weighted by atomic mass is 32.2. The summed E-state index contributed by atoms with van der Waals surface area (Å²) >= 11 is 0. The number of halogens is 3. The number of rotatable bonds is 9. The molecule has 1 aliphatic heterocycles. The number of esters is 1. The van der Waals surface area contributed by atoms with Gasteiger partial charge in [0, 0.05) is 19.5 Å². The molecule has 0 radical (unpaired) electrons. The van der Waals surface area contributed by atoms with Gasteiger partial charge in [0.25, 0.3) is 0 Å². The van der Waals surface area contributed by atoms with Crippen molar-refractivity contribution < 1.29 is 49.6 Å². The lowest BCUT2D eigenvalue weighted by Gasteiger charge is -2.39. The molecule has 14 heteroatoms. The fraction of sp³-hybridized carbons (Fsp3) is 0.348. The topological polar surface area (TPSA) is 128 Å². The molecule has 0 bridgehead atoms. The molecule has 10 nitrogen and oxygen atoms in total. The molecule has 0 aromatic heterocycles. The van der Waals surface area contributed by atoms with Crippen molar-refractivity contribution in [3.63, 3.8) is 0 Å². The first-order valence-corrected chi connectivity index (χ1v) is 12.2. The van der Waals surface area contributed by atoms with Crippen LogP contribution < -0.4 is 9.50 Å². The van der Waals surface area contributed by atoms with Crippen LogP contribution in [0.2, 0.25) is 0 Å². The van der Waals surface area contributed by atoms with Crippen LogP contribution in [0, 0.1) is 5.92 Å². The number of ether oxygens (including phenoxy) is 2. The second-order valence-corrected chi connectivity index (χ2v) is 9.59. The lowest BCUT2D eigenvalue weighted by molar-refractivity contribution is -0.156. The third-order valence-corrected chi connectivity index (χ3v) is 6.36. The Morgan fingerprint density at radius 1 is 1.03 bits per heavy atom. The highest BCUT2D eigenvalue weighted by Gasteiger charge is 2.48. The van der Waals surface area contributed by atoms with E-state index in [0.717, 1.165) is 12.1 Å². The Hall–Kier alpha value is -3.81. The number of carbonyl (C=O) groups excluding carboxylic acids is 3. The van der Waals surface area contributed by atoms with Gasteiger partial charge < -0.3 is 23.9 Å². The molecule has 0 spiro atoms. The predicted molar refractivity (Wildman–Crippen MR) is 121 cm³/mol. The highest BCUT2D eigenvalue weighted by Crippen LogP contribution is 2.27. The van der Waals surface area contributed by atoms with Gasteiger partial charge in [-0.15, -0.1) is 0 Å². The van der Waals surface area contributed by atoms with Gasteiger partial charge in [-0.2, -0.15) is 21.6 Å². The average Bonchev–Trinajstić information content (AvgIpc) is 2.82. The zero-order valence-electron chi connectivity index (χ0n) is 19.4. The van der Waals surface area contributed by atoms with Gasteiger partial charge in [0.05, 0.1) is 13.0 Å². The lowest BCUT2D eigenvalue weighted by Crippen LogP contribution is -2.59. The third-order valence-electron chi connectivity index (χ3n) is 5.38. The summed E-state index contributed by atoms with van der Waals surface area (Å²) < 4.78 is 73.8. The van der Waals surface area contributed by atoms with Crippen molar-refractivity contribution in [1.29, 1.82) is 0 Å². The summed E-state index contributed by atoms with van der Waals surface area (Å²) in [4.78, 5) is 38.4. The summed E-state index contributed by atoms with van der Waals surface area (Å²) in [5.41, 5.74) is -4.50. The molecule has 1 heterocycles. The van der Waals surface area contributed by atoms with Crippen LogP contribution in [0.5, 0.6) is 5.75 Å². The number of nitrogens with zero attached hydrogens (tertiary/aromatic N) is 1. The average molecular weight is 545 g/mol. The quantitative estimate of drug-likeness (QED) is 0.290. The van der Waals surface area contributed by atoms with E-state index in [1.54, 1.807) is 30.3 Å². The van der Waals surface area contributed by atoms with Crippen molar-refractivity contribution in [2.75, 3.05) is 20.2 Å². The van der Waals surface area contributed by atoms with Crippen LogP contribution in [0.3, 0.4) is 0 Å². The molecule has 1 N–H and O–H groups in total. The maximum atomic E-state index is 13.0. The summed E-state index contributed by atoms with van der Waals surface area (Å²) in [6, 6.07) is 12.1. The van der Waals surface area contributed by atoms with Crippen LogP contribution in [-0.2, 0) is 42.2 Å². The smallest absolute Gasteiger partial charge is 0.469 e. The number of alkyl carbamates (subject to hydrolysis) is 1. The largest absolute Gasteiger partial charge is 0.534 e. The van der Waals surface area contributed by atoms with E-state index in [1.165, 1.54) is 24.1 Å². The van der Waals surface area contributed by atoms with Gasteiger partial charge in [0.2, 0.25) is 5.91 Å². The fourth-order valence-electron chi connectivity index (χ4n) is 3.39. The number of amides is 2. The zero-order chi connectivity index (χ0) is 27.2. The number of hydrogen-bond acceptors (Lipinski definition) is 8. The van der Waals surface area contributed by atoms with Crippen molar-refractivity contribution in [1.82, 2.24) is 10.2 Å². The van der Waals surface area contributed by atoms with Crippen molar-refractivity contribution in [2.45, 2.75) is 24.6 Å². The summed E-state index contributed by atoms with van der Waals surface area (Å²) in [6.45, 7) is 0.122. The molecule has 3 rings (SSSR count). The molecule has 2 aromatic carbocycles. The van der Waals surface area contributed by atoms with Crippen molar-refractivity contribution in [3.05, 3.63) is 65.7 Å². The summed E-state index contributed by atoms with van der Waals surface area (Å²) in [6.07, 6.45) is -0.992. The summed E-state index contributed by atoms with van der Waals surface area (Å²) in [7, 11) is -4.61. The van der Waals surface area contributed by atoms with Crippen molar-refractivity contribution in [3.8, 4) is 5.75 Å². The molecule has 1 saturated heterocycles.